The maximum absolute atomic E-state index is 13.4. The smallest absolute Gasteiger partial charge is 0.341 e. The van der Waals surface area contributed by atoms with E-state index in [4.69, 9.17) is 10.5 Å². The van der Waals surface area contributed by atoms with Gasteiger partial charge in [0.15, 0.2) is 0 Å². The van der Waals surface area contributed by atoms with Crippen LogP contribution in [0, 0.1) is 5.82 Å². The molecule has 0 amide bonds. The number of esters is 1. The summed E-state index contributed by atoms with van der Waals surface area (Å²) in [6, 6.07) is 3.94. The third kappa shape index (κ3) is 2.95. The van der Waals surface area contributed by atoms with Crippen LogP contribution in [0.5, 0.6) is 0 Å². The van der Waals surface area contributed by atoms with Crippen LogP contribution in [-0.4, -0.2) is 12.1 Å². The molecule has 16 heavy (non-hydrogen) atoms. The number of ether oxygens (including phenoxy) is 1. The summed E-state index contributed by atoms with van der Waals surface area (Å²) in [5.41, 5.74) is 5.61. The molecular weight excluding hydrogens is 209 g/mol. The highest BCUT2D eigenvalue weighted by Gasteiger charge is 2.16. The number of hydrogen-bond acceptors (Lipinski definition) is 3. The molecule has 1 rings (SSSR count). The van der Waals surface area contributed by atoms with Gasteiger partial charge in [0.2, 0.25) is 0 Å². The number of benzene rings is 1. The molecule has 3 nitrogen and oxygen atoms in total. The van der Waals surface area contributed by atoms with E-state index in [-0.39, 0.29) is 17.4 Å². The van der Waals surface area contributed by atoms with E-state index < -0.39 is 11.8 Å². The molecular formula is C12H16FNO2. The van der Waals surface area contributed by atoms with Gasteiger partial charge in [0, 0.05) is 5.69 Å². The van der Waals surface area contributed by atoms with Crippen molar-refractivity contribution < 1.29 is 13.9 Å². The maximum Gasteiger partial charge on any atom is 0.341 e. The Kier molecular flexibility index (Phi) is 4.28. The van der Waals surface area contributed by atoms with Gasteiger partial charge < -0.3 is 10.5 Å². The molecule has 0 bridgehead atoms. The highest BCUT2D eigenvalue weighted by Crippen LogP contribution is 2.15. The number of carbonyl (C=O) groups excluding carboxylic acids is 1. The molecule has 88 valence electrons. The fraction of sp³-hybridized carbons (Fsp3) is 0.417. The fourth-order valence-electron chi connectivity index (χ4n) is 1.37. The molecule has 0 atom stereocenters. The third-order valence-electron chi connectivity index (χ3n) is 2.40. The summed E-state index contributed by atoms with van der Waals surface area (Å²) in [5.74, 6) is -1.28. The Bertz CT molecular complexity index is 375. The standard InChI is InChI=1S/C12H16FNO2/c1-3-9(4-2)16-12(15)10-6-5-8(14)7-11(10)13/h5-7,9H,3-4,14H2,1-2H3. The normalized spacial score (nSPS) is 10.5. The monoisotopic (exact) mass is 225 g/mol. The second-order valence-electron chi connectivity index (χ2n) is 3.58. The van der Waals surface area contributed by atoms with Crippen molar-refractivity contribution in [2.45, 2.75) is 32.8 Å². The van der Waals surface area contributed by atoms with Crippen LogP contribution in [-0.2, 0) is 4.74 Å². The highest BCUT2D eigenvalue weighted by molar-refractivity contribution is 5.90. The molecule has 1 aromatic rings. The number of nitrogens with two attached hydrogens (primary N) is 1. The Morgan fingerprint density at radius 3 is 2.56 bits per heavy atom. The summed E-state index contributed by atoms with van der Waals surface area (Å²) in [5, 5.41) is 0. The predicted molar refractivity (Wildman–Crippen MR) is 60.6 cm³/mol. The first kappa shape index (κ1) is 12.5. The second kappa shape index (κ2) is 5.49. The summed E-state index contributed by atoms with van der Waals surface area (Å²) >= 11 is 0. The largest absolute Gasteiger partial charge is 0.459 e. The lowest BCUT2D eigenvalue weighted by molar-refractivity contribution is 0.0279. The molecule has 0 aromatic heterocycles. The molecule has 0 spiro atoms. The van der Waals surface area contributed by atoms with E-state index >= 15 is 0 Å². The van der Waals surface area contributed by atoms with Crippen LogP contribution in [0.1, 0.15) is 37.0 Å². The van der Waals surface area contributed by atoms with Gasteiger partial charge in [-0.2, -0.15) is 0 Å². The van der Waals surface area contributed by atoms with E-state index in [1.54, 1.807) is 0 Å². The lowest BCUT2D eigenvalue weighted by atomic mass is 10.2. The predicted octanol–water partition coefficient (Wildman–Crippen LogP) is 2.75. The van der Waals surface area contributed by atoms with Gasteiger partial charge in [-0.15, -0.1) is 0 Å². The van der Waals surface area contributed by atoms with Gasteiger partial charge in [0.25, 0.3) is 0 Å². The van der Waals surface area contributed by atoms with Crippen LogP contribution in [0.2, 0.25) is 0 Å². The van der Waals surface area contributed by atoms with Crippen LogP contribution in [0.25, 0.3) is 0 Å². The van der Waals surface area contributed by atoms with E-state index in [1.807, 2.05) is 13.8 Å². The molecule has 0 fully saturated rings. The third-order valence-corrected chi connectivity index (χ3v) is 2.40. The van der Waals surface area contributed by atoms with Gasteiger partial charge in [-0.05, 0) is 31.0 Å². The zero-order valence-corrected chi connectivity index (χ0v) is 9.50. The van der Waals surface area contributed by atoms with Gasteiger partial charge in [-0.3, -0.25) is 0 Å². The topological polar surface area (TPSA) is 52.3 Å². The number of nitrogen functional groups attached to an aromatic ring is 1. The van der Waals surface area contributed by atoms with Crippen molar-refractivity contribution in [3.63, 3.8) is 0 Å². The molecule has 0 saturated carbocycles. The number of carbonyl (C=O) groups is 1. The van der Waals surface area contributed by atoms with E-state index in [0.29, 0.717) is 0 Å². The average molecular weight is 225 g/mol. The van der Waals surface area contributed by atoms with Crippen molar-refractivity contribution in [1.29, 1.82) is 0 Å². The molecule has 0 unspecified atom stereocenters. The van der Waals surface area contributed by atoms with Crippen LogP contribution < -0.4 is 5.73 Å². The molecule has 0 aliphatic rings. The van der Waals surface area contributed by atoms with E-state index in [9.17, 15) is 9.18 Å². The van der Waals surface area contributed by atoms with Gasteiger partial charge in [-0.25, -0.2) is 9.18 Å². The fourth-order valence-corrected chi connectivity index (χ4v) is 1.37. The summed E-state index contributed by atoms with van der Waals surface area (Å²) in [6.45, 7) is 3.83. The van der Waals surface area contributed by atoms with Crippen molar-refractivity contribution in [3.8, 4) is 0 Å². The van der Waals surface area contributed by atoms with Crippen LogP contribution >= 0.6 is 0 Å². The lowest BCUT2D eigenvalue weighted by Crippen LogP contribution is -2.17. The zero-order valence-electron chi connectivity index (χ0n) is 9.50. The van der Waals surface area contributed by atoms with Gasteiger partial charge in [0.05, 0.1) is 5.56 Å². The van der Waals surface area contributed by atoms with Gasteiger partial charge in [0.1, 0.15) is 11.9 Å². The number of rotatable bonds is 4. The van der Waals surface area contributed by atoms with Crippen molar-refractivity contribution in [3.05, 3.63) is 29.6 Å². The second-order valence-corrected chi connectivity index (χ2v) is 3.58. The summed E-state index contributed by atoms with van der Waals surface area (Å²) in [4.78, 5) is 11.6. The van der Waals surface area contributed by atoms with E-state index in [0.717, 1.165) is 18.9 Å². The first-order valence-corrected chi connectivity index (χ1v) is 5.34. The Morgan fingerprint density at radius 1 is 1.44 bits per heavy atom. The maximum atomic E-state index is 13.4. The minimum absolute atomic E-state index is 0.0684. The van der Waals surface area contributed by atoms with E-state index in [1.165, 1.54) is 12.1 Å². The Balaban J connectivity index is 2.80. The average Bonchev–Trinajstić information content (AvgIpc) is 2.25. The summed E-state index contributed by atoms with van der Waals surface area (Å²) in [7, 11) is 0. The molecule has 0 aliphatic carbocycles. The number of hydrogen-bond donors (Lipinski definition) is 1. The molecule has 1 aromatic carbocycles. The van der Waals surface area contributed by atoms with Crippen LogP contribution in [0.3, 0.4) is 0 Å². The van der Waals surface area contributed by atoms with Crippen molar-refractivity contribution >= 4 is 11.7 Å². The molecule has 2 N–H and O–H groups in total. The van der Waals surface area contributed by atoms with Gasteiger partial charge in [-0.1, -0.05) is 13.8 Å². The Hall–Kier alpha value is -1.58. The Labute approximate surface area is 94.4 Å². The molecule has 0 radical (unpaired) electrons. The molecule has 4 heteroatoms. The minimum atomic E-state index is -0.643. The molecule has 0 saturated heterocycles. The van der Waals surface area contributed by atoms with Crippen LogP contribution in [0.4, 0.5) is 10.1 Å². The van der Waals surface area contributed by atoms with Crippen molar-refractivity contribution in [2.75, 3.05) is 5.73 Å². The number of anilines is 1. The number of halogens is 1. The first-order valence-electron chi connectivity index (χ1n) is 5.34. The van der Waals surface area contributed by atoms with Gasteiger partial charge >= 0.3 is 5.97 Å². The summed E-state index contributed by atoms with van der Waals surface area (Å²) in [6.07, 6.45) is 1.28. The zero-order chi connectivity index (χ0) is 12.1. The quantitative estimate of drug-likeness (QED) is 0.633. The molecule has 0 aliphatic heterocycles. The lowest BCUT2D eigenvalue weighted by Gasteiger charge is -2.14. The highest BCUT2D eigenvalue weighted by atomic mass is 19.1. The SMILES string of the molecule is CCC(CC)OC(=O)c1ccc(N)cc1F. The first-order chi connectivity index (χ1) is 7.58. The van der Waals surface area contributed by atoms with Crippen molar-refractivity contribution in [2.24, 2.45) is 0 Å². The van der Waals surface area contributed by atoms with Crippen molar-refractivity contribution in [1.82, 2.24) is 0 Å². The summed E-state index contributed by atoms with van der Waals surface area (Å²) < 4.78 is 18.5. The molecule has 0 heterocycles. The van der Waals surface area contributed by atoms with E-state index in [2.05, 4.69) is 0 Å². The Morgan fingerprint density at radius 2 is 2.06 bits per heavy atom. The van der Waals surface area contributed by atoms with Crippen LogP contribution in [0.15, 0.2) is 18.2 Å². The minimum Gasteiger partial charge on any atom is -0.459 e.